The van der Waals surface area contributed by atoms with Crippen molar-refractivity contribution in [3.05, 3.63) is 102 Å². The molecule has 0 aliphatic heterocycles. The number of hydrogen-bond acceptors (Lipinski definition) is 12. The monoisotopic (exact) mass is 853 g/mol. The average Bonchev–Trinajstić information content (AvgIpc) is 3.20. The van der Waals surface area contributed by atoms with Crippen LogP contribution in [0.1, 0.15) is 29.5 Å². The van der Waals surface area contributed by atoms with Crippen LogP contribution < -0.4 is 38.9 Å². The lowest BCUT2D eigenvalue weighted by molar-refractivity contribution is -0.154. The maximum absolute atomic E-state index is 13.3. The molecule has 3 rings (SSSR count). The Hall–Kier alpha value is -6.57. The van der Waals surface area contributed by atoms with Gasteiger partial charge in [-0.3, -0.25) is 33.8 Å². The molecule has 0 saturated heterocycles. The fraction of sp³-hybridized carbons (Fsp3) is 0.350. The topological polar surface area (TPSA) is 325 Å². The van der Waals surface area contributed by atoms with Crippen LogP contribution in [0.5, 0.6) is 5.75 Å². The summed E-state index contributed by atoms with van der Waals surface area (Å²) < 4.78 is 5.08. The molecule has 0 aliphatic carbocycles. The van der Waals surface area contributed by atoms with E-state index in [-0.39, 0.29) is 50.7 Å². The highest BCUT2D eigenvalue weighted by Gasteiger charge is 2.42. The van der Waals surface area contributed by atoms with Gasteiger partial charge < -0.3 is 58.7 Å². The van der Waals surface area contributed by atoms with Crippen molar-refractivity contribution in [1.29, 1.82) is 0 Å². The third kappa shape index (κ3) is 17.1. The van der Waals surface area contributed by atoms with Gasteiger partial charge in [0.2, 0.25) is 23.6 Å². The smallest absolute Gasteiger partial charge is 0.335 e. The quantitative estimate of drug-likeness (QED) is 0.0150. The van der Waals surface area contributed by atoms with Gasteiger partial charge in [0.25, 0.3) is 5.24 Å². The molecule has 3 aromatic rings. The second kappa shape index (κ2) is 25.0. The van der Waals surface area contributed by atoms with E-state index in [4.69, 9.17) is 39.3 Å². The molecule has 13 N–H and O–H groups in total. The molecule has 19 nitrogen and oxygen atoms in total. The van der Waals surface area contributed by atoms with Crippen molar-refractivity contribution in [2.24, 2.45) is 33.8 Å². The van der Waals surface area contributed by atoms with Crippen molar-refractivity contribution in [1.82, 2.24) is 20.9 Å². The summed E-state index contributed by atoms with van der Waals surface area (Å²) in [6.45, 7) is -0.425. The van der Waals surface area contributed by atoms with E-state index in [0.717, 1.165) is 10.5 Å². The fourth-order valence-corrected chi connectivity index (χ4v) is 5.67. The first kappa shape index (κ1) is 49.6. The Labute approximate surface area is 351 Å². The number of nitrogens with two attached hydrogens (primary N) is 4. The lowest BCUT2D eigenvalue weighted by Crippen LogP contribution is -2.57. The fourth-order valence-electron chi connectivity index (χ4n) is 5.49. The first-order chi connectivity index (χ1) is 28.4. The van der Waals surface area contributed by atoms with E-state index in [2.05, 4.69) is 20.9 Å². The molecule has 324 valence electrons. The van der Waals surface area contributed by atoms with Crippen molar-refractivity contribution in [2.75, 3.05) is 33.7 Å². The minimum absolute atomic E-state index is 0.0106. The molecule has 1 unspecified atom stereocenters. The molecule has 4 atom stereocenters. The summed E-state index contributed by atoms with van der Waals surface area (Å²) in [7, 11) is 2.82. The number of likely N-dealkylation sites (N-methyl/N-ethyl adjacent to an activating group) is 2. The number of aromatic hydroxyl groups is 1. The Morgan fingerprint density at radius 2 is 1.40 bits per heavy atom. The zero-order valence-electron chi connectivity index (χ0n) is 33.2. The van der Waals surface area contributed by atoms with Gasteiger partial charge in [-0.05, 0) is 66.7 Å². The van der Waals surface area contributed by atoms with Crippen LogP contribution in [0.2, 0.25) is 0 Å². The van der Waals surface area contributed by atoms with Crippen molar-refractivity contribution < 1.29 is 48.5 Å². The standard InChI is InChI=1S/C26H33N5O7.C14H19ClN4O3/c1-28-14-21(33)30-23(19(26(37)38)12-16-6-4-3-5-7-16)25(36)31(2)15-22(34)29-20(24(27)35)13-17-8-10-18(32)11-9-17;15-11(20)14(18,7-4-8-19-13(16)17)12(21)22-9-10-5-2-1-3-6-10/h3-11,19-20,23,28,32H,12-15H2,1-2H3,(H2,27,35)(H,29,34)(H,30,33)(H,37,38);1-3,5-6H,4,7-9,18H2,(H4,16,17,19)/t19?,20-,23-;14-/m00/s1. The summed E-state index contributed by atoms with van der Waals surface area (Å²) in [5.41, 5.74) is 21.8. The van der Waals surface area contributed by atoms with E-state index in [1.807, 2.05) is 6.07 Å². The molecule has 4 amide bonds. The molecule has 0 bridgehead atoms. The average molecular weight is 854 g/mol. The molecule has 20 heteroatoms. The normalized spacial score (nSPS) is 13.0. The number of aliphatic carboxylic acids is 1. The van der Waals surface area contributed by atoms with Gasteiger partial charge in [-0.25, -0.2) is 4.79 Å². The number of carbonyl (C=O) groups excluding carboxylic acids is 6. The third-order valence-corrected chi connectivity index (χ3v) is 9.04. The molecule has 0 aromatic heterocycles. The Morgan fingerprint density at radius 3 is 1.92 bits per heavy atom. The molecule has 0 fully saturated rings. The van der Waals surface area contributed by atoms with Gasteiger partial charge in [0.05, 0.1) is 19.0 Å². The Bertz CT molecular complexity index is 1930. The second-order valence-corrected chi connectivity index (χ2v) is 13.9. The minimum atomic E-state index is -1.91. The number of nitrogens with one attached hydrogen (secondary N) is 3. The van der Waals surface area contributed by atoms with Gasteiger partial charge >= 0.3 is 11.9 Å². The van der Waals surface area contributed by atoms with E-state index in [1.165, 1.54) is 26.2 Å². The number of carbonyl (C=O) groups is 7. The number of carboxylic acids is 1. The Balaban J connectivity index is 0.000000478. The van der Waals surface area contributed by atoms with Gasteiger partial charge in [-0.1, -0.05) is 72.8 Å². The number of nitrogens with zero attached hydrogens (tertiary/aromatic N) is 2. The highest BCUT2D eigenvalue weighted by atomic mass is 35.5. The number of rotatable bonds is 22. The predicted octanol–water partition coefficient (Wildman–Crippen LogP) is -0.743. The zero-order chi connectivity index (χ0) is 44.8. The van der Waals surface area contributed by atoms with Gasteiger partial charge in [-0.2, -0.15) is 0 Å². The summed E-state index contributed by atoms with van der Waals surface area (Å²) in [6, 6.07) is 21.1. The summed E-state index contributed by atoms with van der Waals surface area (Å²) in [5.74, 6) is -6.41. The molecule has 0 heterocycles. The second-order valence-electron chi connectivity index (χ2n) is 13.5. The van der Waals surface area contributed by atoms with Gasteiger partial charge in [-0.15, -0.1) is 0 Å². The molecule has 0 aliphatic rings. The van der Waals surface area contributed by atoms with Gasteiger partial charge in [0.15, 0.2) is 11.5 Å². The number of phenolic OH excluding ortho intramolecular Hbond substituents is 1. The first-order valence-corrected chi connectivity index (χ1v) is 18.8. The highest BCUT2D eigenvalue weighted by Crippen LogP contribution is 2.18. The Morgan fingerprint density at radius 1 is 0.833 bits per heavy atom. The number of aliphatic imine (C=N–C) groups is 1. The SMILES string of the molecule is CNCC(=O)N[C@H](C(=O)N(C)CC(=O)N[C@@H](Cc1ccc(O)cc1)C(N)=O)C(Cc1ccccc1)C(=O)O.NC(N)=NCCC[C@](N)(C(=O)Cl)C(=O)OCc1ccccc1. The zero-order valence-corrected chi connectivity index (χ0v) is 34.0. The van der Waals surface area contributed by atoms with Gasteiger partial charge in [0.1, 0.15) is 24.4 Å². The molecule has 0 saturated carbocycles. The molecular weight excluding hydrogens is 802 g/mol. The van der Waals surface area contributed by atoms with Crippen LogP contribution in [-0.4, -0.2) is 113 Å². The lowest BCUT2D eigenvalue weighted by Gasteiger charge is -2.29. The van der Waals surface area contributed by atoms with E-state index in [0.29, 0.717) is 17.5 Å². The van der Waals surface area contributed by atoms with Crippen LogP contribution in [-0.2, 0) is 57.7 Å². The van der Waals surface area contributed by atoms with E-state index >= 15 is 0 Å². The number of ether oxygens (including phenoxy) is 1. The number of primary amides is 1. The third-order valence-electron chi connectivity index (χ3n) is 8.70. The number of phenols is 1. The number of benzene rings is 3. The van der Waals surface area contributed by atoms with Crippen LogP contribution >= 0.6 is 11.6 Å². The number of carboxylic acid groups (broad SMARTS) is 1. The van der Waals surface area contributed by atoms with Crippen molar-refractivity contribution in [3.8, 4) is 5.75 Å². The summed E-state index contributed by atoms with van der Waals surface area (Å²) in [6.07, 6.45) is 0.315. The maximum atomic E-state index is 13.3. The van der Waals surface area contributed by atoms with E-state index in [1.54, 1.807) is 66.7 Å². The number of halogens is 1. The first-order valence-electron chi connectivity index (χ1n) is 18.5. The Kier molecular flexibility index (Phi) is 20.7. The van der Waals surface area contributed by atoms with Crippen molar-refractivity contribution >= 4 is 58.4 Å². The summed E-state index contributed by atoms with van der Waals surface area (Å²) in [5, 5.41) is 25.9. The lowest BCUT2D eigenvalue weighted by atomic mass is 9.91. The highest BCUT2D eigenvalue weighted by molar-refractivity contribution is 6.67. The maximum Gasteiger partial charge on any atom is 0.335 e. The van der Waals surface area contributed by atoms with Gasteiger partial charge in [0, 0.05) is 20.0 Å². The molecule has 0 spiro atoms. The number of guanidine groups is 1. The molecule has 3 aromatic carbocycles. The van der Waals surface area contributed by atoms with Crippen LogP contribution in [0.25, 0.3) is 0 Å². The van der Waals surface area contributed by atoms with Crippen LogP contribution in [0, 0.1) is 5.92 Å². The van der Waals surface area contributed by atoms with E-state index < -0.39 is 70.9 Å². The van der Waals surface area contributed by atoms with Crippen LogP contribution in [0.15, 0.2) is 89.9 Å². The molecule has 60 heavy (non-hydrogen) atoms. The number of esters is 1. The van der Waals surface area contributed by atoms with Crippen molar-refractivity contribution in [3.63, 3.8) is 0 Å². The molecule has 0 radical (unpaired) electrons. The van der Waals surface area contributed by atoms with Crippen LogP contribution in [0.4, 0.5) is 0 Å². The molecular formula is C40H52ClN9O10. The number of hydrogen-bond donors (Lipinski definition) is 9. The summed E-state index contributed by atoms with van der Waals surface area (Å²) in [4.78, 5) is 90.7. The van der Waals surface area contributed by atoms with Crippen LogP contribution in [0.3, 0.4) is 0 Å². The summed E-state index contributed by atoms with van der Waals surface area (Å²) >= 11 is 5.45. The number of amides is 4. The predicted molar refractivity (Wildman–Crippen MR) is 222 cm³/mol. The van der Waals surface area contributed by atoms with E-state index in [9.17, 15) is 43.8 Å². The van der Waals surface area contributed by atoms with Crippen molar-refractivity contribution in [2.45, 2.75) is 49.9 Å². The minimum Gasteiger partial charge on any atom is -0.508 e. The largest absolute Gasteiger partial charge is 0.508 e.